The van der Waals surface area contributed by atoms with Crippen molar-refractivity contribution in [1.29, 1.82) is 0 Å². The molecule has 0 bridgehead atoms. The lowest BCUT2D eigenvalue weighted by atomic mass is 10.2. The minimum atomic E-state index is -2.62. The molecule has 2 aliphatic rings. The first kappa shape index (κ1) is 21.6. The van der Waals surface area contributed by atoms with Gasteiger partial charge in [-0.1, -0.05) is 0 Å². The number of imidazole rings is 1. The van der Waals surface area contributed by atoms with Gasteiger partial charge in [-0.2, -0.15) is 8.78 Å². The maximum absolute atomic E-state index is 12.9. The number of carbonyl (C=O) groups excluding carboxylic acids is 1. The van der Waals surface area contributed by atoms with Crippen molar-refractivity contribution < 1.29 is 18.3 Å². The van der Waals surface area contributed by atoms with E-state index in [1.165, 1.54) is 12.4 Å². The number of guanidine groups is 1. The number of amides is 1. The van der Waals surface area contributed by atoms with Gasteiger partial charge in [-0.05, 0) is 20.8 Å². The number of rotatable bonds is 3. The highest BCUT2D eigenvalue weighted by Crippen LogP contribution is 2.19. The van der Waals surface area contributed by atoms with Crippen LogP contribution in [-0.4, -0.2) is 69.2 Å². The fourth-order valence-corrected chi connectivity index (χ4v) is 3.04. The first-order valence-corrected chi connectivity index (χ1v) is 8.57. The van der Waals surface area contributed by atoms with E-state index < -0.39 is 12.2 Å². The number of hydrogen-bond donors (Lipinski definition) is 1. The monoisotopic (exact) mass is 498 g/mol. The van der Waals surface area contributed by atoms with Crippen LogP contribution in [-0.2, 0) is 11.3 Å². The number of aromatic nitrogens is 2. The Labute approximate surface area is 174 Å². The van der Waals surface area contributed by atoms with E-state index in [0.29, 0.717) is 32.1 Å². The van der Waals surface area contributed by atoms with Gasteiger partial charge in [-0.25, -0.2) is 9.78 Å². The van der Waals surface area contributed by atoms with E-state index in [1.807, 2.05) is 20.8 Å². The van der Waals surface area contributed by atoms with Crippen molar-refractivity contribution >= 4 is 36.0 Å². The smallest absolute Gasteiger partial charge is 0.410 e. The summed E-state index contributed by atoms with van der Waals surface area (Å²) in [5.41, 5.74) is -0.528. The topological polar surface area (TPSA) is 75.0 Å². The van der Waals surface area contributed by atoms with Gasteiger partial charge in [-0.3, -0.25) is 9.56 Å². The van der Waals surface area contributed by atoms with Gasteiger partial charge < -0.3 is 19.9 Å². The predicted octanol–water partition coefficient (Wildman–Crippen LogP) is 2.28. The number of nitrogens with zero attached hydrogens (tertiary/aromatic N) is 5. The van der Waals surface area contributed by atoms with Crippen molar-refractivity contribution in [2.45, 2.75) is 45.5 Å². The van der Waals surface area contributed by atoms with E-state index in [-0.39, 0.29) is 48.5 Å². The van der Waals surface area contributed by atoms with Gasteiger partial charge in [0.2, 0.25) is 0 Å². The second-order valence-electron chi connectivity index (χ2n) is 7.32. The molecule has 1 amide bonds. The number of halogens is 3. The Bertz CT molecular complexity index is 691. The minimum absolute atomic E-state index is 0. The second-order valence-corrected chi connectivity index (χ2v) is 7.32. The van der Waals surface area contributed by atoms with Gasteiger partial charge in [0, 0.05) is 32.0 Å². The number of carbonyl (C=O) groups is 1. The first-order valence-electron chi connectivity index (χ1n) is 8.57. The molecule has 1 unspecified atom stereocenters. The minimum Gasteiger partial charge on any atom is -0.444 e. The lowest BCUT2D eigenvalue weighted by molar-refractivity contribution is 0.0137. The zero-order valence-electron chi connectivity index (χ0n) is 15.6. The highest BCUT2D eigenvalue weighted by Gasteiger charge is 2.36. The van der Waals surface area contributed by atoms with E-state index in [4.69, 9.17) is 4.74 Å². The molecule has 1 N–H and O–H groups in total. The Morgan fingerprint density at radius 3 is 2.81 bits per heavy atom. The van der Waals surface area contributed by atoms with Crippen LogP contribution >= 0.6 is 24.0 Å². The maximum atomic E-state index is 12.9. The summed E-state index contributed by atoms with van der Waals surface area (Å²) in [4.78, 5) is 24.4. The molecule has 0 aromatic carbocycles. The molecule has 3 heterocycles. The van der Waals surface area contributed by atoms with Crippen molar-refractivity contribution in [3.63, 3.8) is 0 Å². The molecular weight excluding hydrogens is 473 g/mol. The zero-order valence-corrected chi connectivity index (χ0v) is 17.9. The third-order valence-corrected chi connectivity index (χ3v) is 4.22. The molecule has 0 radical (unpaired) electrons. The van der Waals surface area contributed by atoms with Crippen LogP contribution in [0, 0.1) is 0 Å². The molecule has 1 atom stereocenters. The molecule has 8 nitrogen and oxygen atoms in total. The molecular formula is C16H25F2IN6O2. The van der Waals surface area contributed by atoms with E-state index in [1.54, 1.807) is 4.90 Å². The number of ether oxygens (including phenoxy) is 1. The predicted molar refractivity (Wildman–Crippen MR) is 106 cm³/mol. The average Bonchev–Trinajstić information content (AvgIpc) is 3.17. The van der Waals surface area contributed by atoms with E-state index in [0.717, 1.165) is 4.57 Å². The lowest BCUT2D eigenvalue weighted by Crippen LogP contribution is -2.57. The molecule has 0 aliphatic carbocycles. The molecule has 0 spiro atoms. The Balaban J connectivity index is 0.00000261. The van der Waals surface area contributed by atoms with Crippen LogP contribution in [0.2, 0.25) is 0 Å². The number of alkyl halides is 2. The quantitative estimate of drug-likeness (QED) is 0.648. The number of piperazine rings is 1. The van der Waals surface area contributed by atoms with Crippen LogP contribution in [0.4, 0.5) is 13.6 Å². The molecule has 0 saturated carbocycles. The fourth-order valence-electron chi connectivity index (χ4n) is 3.04. The number of fused-ring (bicyclic) bond motifs is 1. The summed E-state index contributed by atoms with van der Waals surface area (Å²) in [6, 6.07) is 0.0635. The third kappa shape index (κ3) is 5.20. The highest BCUT2D eigenvalue weighted by atomic mass is 127. The molecule has 1 saturated heterocycles. The van der Waals surface area contributed by atoms with Crippen molar-refractivity contribution in [2.24, 2.45) is 4.99 Å². The summed E-state index contributed by atoms with van der Waals surface area (Å²) in [6.45, 7) is 5.26. The Morgan fingerprint density at radius 2 is 2.15 bits per heavy atom. The molecule has 1 fully saturated rings. The molecule has 27 heavy (non-hydrogen) atoms. The second kappa shape index (κ2) is 8.57. The van der Waals surface area contributed by atoms with Crippen molar-refractivity contribution in [2.75, 3.05) is 26.2 Å². The molecule has 11 heteroatoms. The normalized spacial score (nSPS) is 19.5. The molecule has 1 aromatic rings. The zero-order chi connectivity index (χ0) is 18.9. The molecule has 2 aliphatic heterocycles. The SMILES string of the molecule is CC(C)(C)OC(=O)N1CCN2C(NCc3nccn3C(F)F)=NCC2C1.I. The van der Waals surface area contributed by atoms with Crippen molar-refractivity contribution in [1.82, 2.24) is 24.7 Å². The Morgan fingerprint density at radius 1 is 1.41 bits per heavy atom. The number of nitrogens with one attached hydrogen (secondary N) is 1. The maximum Gasteiger partial charge on any atom is 0.410 e. The van der Waals surface area contributed by atoms with Crippen molar-refractivity contribution in [3.05, 3.63) is 18.2 Å². The summed E-state index contributed by atoms with van der Waals surface area (Å²) >= 11 is 0. The van der Waals surface area contributed by atoms with Gasteiger partial charge in [0.15, 0.2) is 5.96 Å². The molecule has 1 aromatic heterocycles. The van der Waals surface area contributed by atoms with Crippen LogP contribution in [0.3, 0.4) is 0 Å². The number of aliphatic imine (C=N–C) groups is 1. The summed E-state index contributed by atoms with van der Waals surface area (Å²) in [5, 5.41) is 3.09. The van der Waals surface area contributed by atoms with Crippen LogP contribution < -0.4 is 5.32 Å². The highest BCUT2D eigenvalue weighted by molar-refractivity contribution is 14.0. The largest absolute Gasteiger partial charge is 0.444 e. The van der Waals surface area contributed by atoms with Crippen LogP contribution in [0.5, 0.6) is 0 Å². The van der Waals surface area contributed by atoms with E-state index in [2.05, 4.69) is 20.2 Å². The van der Waals surface area contributed by atoms with Crippen LogP contribution in [0.1, 0.15) is 33.1 Å². The standard InChI is InChI=1S/C16H24F2N6O2.HI/c1-16(2,3)26-15(25)22-6-7-23-11(10-22)8-20-14(23)21-9-12-19-4-5-24(12)13(17)18;/h4-5,11,13H,6-10H2,1-3H3,(H,20,21);1H. The molecule has 3 rings (SSSR count). The Hall–Kier alpha value is -1.66. The van der Waals surface area contributed by atoms with Gasteiger partial charge in [0.1, 0.15) is 11.4 Å². The molecule has 152 valence electrons. The lowest BCUT2D eigenvalue weighted by Gasteiger charge is -2.39. The van der Waals surface area contributed by atoms with Gasteiger partial charge in [0.25, 0.3) is 0 Å². The third-order valence-electron chi connectivity index (χ3n) is 4.22. The Kier molecular flexibility index (Phi) is 6.87. The first-order chi connectivity index (χ1) is 12.2. The van der Waals surface area contributed by atoms with E-state index in [9.17, 15) is 13.6 Å². The summed E-state index contributed by atoms with van der Waals surface area (Å²) in [5.74, 6) is 0.904. The summed E-state index contributed by atoms with van der Waals surface area (Å²) < 4.78 is 32.0. The van der Waals surface area contributed by atoms with Gasteiger partial charge in [0.05, 0.1) is 19.1 Å². The van der Waals surface area contributed by atoms with Crippen LogP contribution in [0.25, 0.3) is 0 Å². The summed E-state index contributed by atoms with van der Waals surface area (Å²) in [6.07, 6.45) is 2.28. The summed E-state index contributed by atoms with van der Waals surface area (Å²) in [7, 11) is 0. The average molecular weight is 498 g/mol. The van der Waals surface area contributed by atoms with Gasteiger partial charge >= 0.3 is 12.6 Å². The number of hydrogen-bond acceptors (Lipinski definition) is 6. The van der Waals surface area contributed by atoms with E-state index >= 15 is 0 Å². The van der Waals surface area contributed by atoms with Crippen LogP contribution in [0.15, 0.2) is 17.4 Å². The fraction of sp³-hybridized carbons (Fsp3) is 0.688. The van der Waals surface area contributed by atoms with Gasteiger partial charge in [-0.15, -0.1) is 24.0 Å². The van der Waals surface area contributed by atoms with Crippen molar-refractivity contribution in [3.8, 4) is 0 Å².